The summed E-state index contributed by atoms with van der Waals surface area (Å²) in [5, 5.41) is 0. The normalized spacial score (nSPS) is 24.9. The van der Waals surface area contributed by atoms with Crippen molar-refractivity contribution in [2.45, 2.75) is 77.7 Å². The maximum Gasteiger partial charge on any atom is 0.102 e. The second-order valence-corrected chi connectivity index (χ2v) is 8.19. The molecule has 1 aromatic carbocycles. The fourth-order valence-electron chi connectivity index (χ4n) is 4.07. The van der Waals surface area contributed by atoms with Crippen molar-refractivity contribution in [3.05, 3.63) is 60.4 Å². The zero-order chi connectivity index (χ0) is 18.1. The van der Waals surface area contributed by atoms with Crippen molar-refractivity contribution in [1.82, 2.24) is 0 Å². The molecular formula is C24H36O. The van der Waals surface area contributed by atoms with Gasteiger partial charge >= 0.3 is 0 Å². The first kappa shape index (κ1) is 19.8. The first-order chi connectivity index (χ1) is 12.1. The molecule has 0 amide bonds. The molecule has 25 heavy (non-hydrogen) atoms. The molecule has 0 N–H and O–H groups in total. The van der Waals surface area contributed by atoms with Gasteiger partial charge in [-0.3, -0.25) is 0 Å². The molecule has 2 rings (SSSR count). The third-order valence-corrected chi connectivity index (χ3v) is 5.80. The molecule has 138 valence electrons. The molecule has 0 aliphatic heterocycles. The van der Waals surface area contributed by atoms with Crippen LogP contribution in [0.5, 0.6) is 0 Å². The van der Waals surface area contributed by atoms with E-state index in [9.17, 15) is 0 Å². The lowest BCUT2D eigenvalue weighted by Gasteiger charge is -2.43. The summed E-state index contributed by atoms with van der Waals surface area (Å²) in [6.45, 7) is 9.35. The molecular weight excluding hydrogens is 304 g/mol. The number of benzene rings is 1. The van der Waals surface area contributed by atoms with Gasteiger partial charge in [0.1, 0.15) is 6.10 Å². The van der Waals surface area contributed by atoms with Crippen LogP contribution in [0.4, 0.5) is 0 Å². The van der Waals surface area contributed by atoms with E-state index < -0.39 is 0 Å². The SMILES string of the molecule is CCCC/C=C/C=C/O[C@@H]1C[C@H](C)CC[C@H]1C(C)(C)c1ccccc1. The Balaban J connectivity index is 2.02. The lowest BCUT2D eigenvalue weighted by atomic mass is 9.64. The van der Waals surface area contributed by atoms with E-state index in [4.69, 9.17) is 4.74 Å². The van der Waals surface area contributed by atoms with Crippen LogP contribution in [0, 0.1) is 11.8 Å². The van der Waals surface area contributed by atoms with Gasteiger partial charge in [-0.25, -0.2) is 0 Å². The van der Waals surface area contributed by atoms with Crippen LogP contribution >= 0.6 is 0 Å². The van der Waals surface area contributed by atoms with Crippen LogP contribution in [0.25, 0.3) is 0 Å². The summed E-state index contributed by atoms with van der Waals surface area (Å²) in [5.41, 5.74) is 1.56. The van der Waals surface area contributed by atoms with E-state index in [-0.39, 0.29) is 5.41 Å². The van der Waals surface area contributed by atoms with Crippen LogP contribution < -0.4 is 0 Å². The summed E-state index contributed by atoms with van der Waals surface area (Å²) in [6, 6.07) is 10.9. The minimum Gasteiger partial charge on any atom is -0.498 e. The first-order valence-electron chi connectivity index (χ1n) is 10.1. The number of hydrogen-bond donors (Lipinski definition) is 0. The topological polar surface area (TPSA) is 9.23 Å². The highest BCUT2D eigenvalue weighted by molar-refractivity contribution is 5.25. The van der Waals surface area contributed by atoms with Crippen LogP contribution in [0.3, 0.4) is 0 Å². The smallest absolute Gasteiger partial charge is 0.102 e. The van der Waals surface area contributed by atoms with Crippen molar-refractivity contribution in [1.29, 1.82) is 0 Å². The first-order valence-corrected chi connectivity index (χ1v) is 10.1. The van der Waals surface area contributed by atoms with E-state index in [1.54, 1.807) is 0 Å². The van der Waals surface area contributed by atoms with Crippen LogP contribution in [-0.4, -0.2) is 6.10 Å². The molecule has 1 heteroatoms. The number of hydrogen-bond acceptors (Lipinski definition) is 1. The summed E-state index contributed by atoms with van der Waals surface area (Å²) in [5.74, 6) is 1.31. The van der Waals surface area contributed by atoms with Crippen LogP contribution in [-0.2, 0) is 10.2 Å². The Morgan fingerprint density at radius 2 is 1.88 bits per heavy atom. The molecule has 1 aliphatic carbocycles. The Kier molecular flexibility index (Phi) is 7.81. The molecule has 1 fully saturated rings. The molecule has 0 unspecified atom stereocenters. The Morgan fingerprint density at radius 3 is 2.60 bits per heavy atom. The summed E-state index contributed by atoms with van der Waals surface area (Å²) in [4.78, 5) is 0. The predicted octanol–water partition coefficient (Wildman–Crippen LogP) is 7.05. The molecule has 0 bridgehead atoms. The zero-order valence-corrected chi connectivity index (χ0v) is 16.6. The van der Waals surface area contributed by atoms with Crippen molar-refractivity contribution in [3.63, 3.8) is 0 Å². The third-order valence-electron chi connectivity index (χ3n) is 5.80. The molecule has 1 aromatic rings. The molecule has 0 aromatic heterocycles. The van der Waals surface area contributed by atoms with Crippen molar-refractivity contribution in [2.75, 3.05) is 0 Å². The van der Waals surface area contributed by atoms with E-state index in [1.165, 1.54) is 31.2 Å². The van der Waals surface area contributed by atoms with Crippen molar-refractivity contribution >= 4 is 0 Å². The van der Waals surface area contributed by atoms with Gasteiger partial charge in [-0.2, -0.15) is 0 Å². The number of rotatable bonds is 8. The average Bonchev–Trinajstić information content (AvgIpc) is 2.61. The highest BCUT2D eigenvalue weighted by Crippen LogP contribution is 2.43. The van der Waals surface area contributed by atoms with Crippen molar-refractivity contribution in [3.8, 4) is 0 Å². The van der Waals surface area contributed by atoms with Crippen LogP contribution in [0.2, 0.25) is 0 Å². The second-order valence-electron chi connectivity index (χ2n) is 8.19. The highest BCUT2D eigenvalue weighted by Gasteiger charge is 2.40. The standard InChI is InChI=1S/C24H36O/c1-5-6-7-8-9-13-18-25-23-19-20(2)16-17-22(23)24(3,4)21-14-11-10-12-15-21/h8-15,18,20,22-23H,5-7,16-17,19H2,1-4H3/b9-8+,18-13+/t20-,22-,23-/m1/s1. The van der Waals surface area contributed by atoms with Crippen molar-refractivity contribution < 1.29 is 4.74 Å². The highest BCUT2D eigenvalue weighted by atomic mass is 16.5. The predicted molar refractivity (Wildman–Crippen MR) is 109 cm³/mol. The molecule has 3 atom stereocenters. The number of ether oxygens (including phenoxy) is 1. The molecule has 1 nitrogen and oxygen atoms in total. The lowest BCUT2D eigenvalue weighted by Crippen LogP contribution is -2.42. The third kappa shape index (κ3) is 5.76. The molecule has 1 aliphatic rings. The monoisotopic (exact) mass is 340 g/mol. The lowest BCUT2D eigenvalue weighted by molar-refractivity contribution is 0.00257. The second kappa shape index (κ2) is 9.85. The molecule has 0 spiro atoms. The van der Waals surface area contributed by atoms with E-state index >= 15 is 0 Å². The number of unbranched alkanes of at least 4 members (excludes halogenated alkanes) is 2. The fourth-order valence-corrected chi connectivity index (χ4v) is 4.07. The van der Waals surface area contributed by atoms with Gasteiger partial charge in [0.25, 0.3) is 0 Å². The van der Waals surface area contributed by atoms with Gasteiger partial charge in [0.2, 0.25) is 0 Å². The summed E-state index contributed by atoms with van der Waals surface area (Å²) in [6.07, 6.45) is 16.0. The van der Waals surface area contributed by atoms with Gasteiger partial charge < -0.3 is 4.74 Å². The fraction of sp³-hybridized carbons (Fsp3) is 0.583. The van der Waals surface area contributed by atoms with E-state index in [1.807, 2.05) is 6.26 Å². The van der Waals surface area contributed by atoms with E-state index in [0.29, 0.717) is 12.0 Å². The van der Waals surface area contributed by atoms with Gasteiger partial charge in [-0.1, -0.05) is 89.4 Å². The van der Waals surface area contributed by atoms with Gasteiger partial charge in [0.05, 0.1) is 6.26 Å². The Labute approximate surface area is 155 Å². The van der Waals surface area contributed by atoms with E-state index in [0.717, 1.165) is 18.8 Å². The minimum absolute atomic E-state index is 0.136. The minimum atomic E-state index is 0.136. The molecule has 1 saturated carbocycles. The quantitative estimate of drug-likeness (QED) is 0.280. The molecule has 0 heterocycles. The van der Waals surface area contributed by atoms with Crippen molar-refractivity contribution in [2.24, 2.45) is 11.8 Å². The zero-order valence-electron chi connectivity index (χ0n) is 16.6. The largest absolute Gasteiger partial charge is 0.498 e. The molecule has 0 saturated heterocycles. The Hall–Kier alpha value is -1.50. The van der Waals surface area contributed by atoms with Gasteiger partial charge in [-0.15, -0.1) is 0 Å². The Bertz CT molecular complexity index is 540. The van der Waals surface area contributed by atoms with Gasteiger partial charge in [0.15, 0.2) is 0 Å². The average molecular weight is 341 g/mol. The maximum absolute atomic E-state index is 6.25. The summed E-state index contributed by atoms with van der Waals surface area (Å²) < 4.78 is 6.25. The van der Waals surface area contributed by atoms with E-state index in [2.05, 4.69) is 76.3 Å². The summed E-state index contributed by atoms with van der Waals surface area (Å²) in [7, 11) is 0. The number of allylic oxidation sites excluding steroid dienone is 3. The molecule has 0 radical (unpaired) electrons. The van der Waals surface area contributed by atoms with Gasteiger partial charge in [0, 0.05) is 5.92 Å². The Morgan fingerprint density at radius 1 is 1.12 bits per heavy atom. The summed E-state index contributed by atoms with van der Waals surface area (Å²) >= 11 is 0. The van der Waals surface area contributed by atoms with Crippen LogP contribution in [0.15, 0.2) is 54.8 Å². The maximum atomic E-state index is 6.25. The van der Waals surface area contributed by atoms with Gasteiger partial charge in [-0.05, 0) is 42.2 Å². The van der Waals surface area contributed by atoms with Crippen LogP contribution in [0.1, 0.15) is 71.8 Å².